The summed E-state index contributed by atoms with van der Waals surface area (Å²) < 4.78 is 0. The lowest BCUT2D eigenvalue weighted by Gasteiger charge is -2.19. The Kier molecular flexibility index (Phi) is 6.62. The van der Waals surface area contributed by atoms with E-state index >= 15 is 0 Å². The fraction of sp³-hybridized carbons (Fsp3) is 0.107. The van der Waals surface area contributed by atoms with Gasteiger partial charge in [-0.3, -0.25) is 25.0 Å². The highest BCUT2D eigenvalue weighted by molar-refractivity contribution is 6.34. The zero-order chi connectivity index (χ0) is 24.2. The van der Waals surface area contributed by atoms with Crippen LogP contribution in [0.4, 0.5) is 0 Å². The Morgan fingerprint density at radius 2 is 1.74 bits per heavy atom. The number of carbonyl (C=O) groups excluding carboxylic acids is 2. The molecule has 34 heavy (non-hydrogen) atoms. The normalized spacial score (nSPS) is 10.4. The second-order valence-electron chi connectivity index (χ2n) is 7.93. The minimum absolute atomic E-state index is 0.328. The quantitative estimate of drug-likeness (QED) is 0.320. The predicted octanol–water partition coefficient (Wildman–Crippen LogP) is 5.32. The standard InChI is InChI=1S/C28H22ClN3O2/c1-18-11-13-23(28(34)32(3)31-27(33)26-19(2)7-6-9-24(26)29)16-21(18)14-12-20-15-22-8-4-5-10-25(22)30-17-20/h4-11,13,15-17H,1-3H3,(H,31,33). The van der Waals surface area contributed by atoms with Crippen LogP contribution in [0.1, 0.15) is 43.0 Å². The van der Waals surface area contributed by atoms with Crippen LogP contribution in [0, 0.1) is 25.7 Å². The van der Waals surface area contributed by atoms with Crippen molar-refractivity contribution in [1.29, 1.82) is 0 Å². The number of hydrogen-bond acceptors (Lipinski definition) is 3. The average Bonchev–Trinajstić information content (AvgIpc) is 2.82. The monoisotopic (exact) mass is 467 g/mol. The molecule has 6 heteroatoms. The van der Waals surface area contributed by atoms with E-state index in [4.69, 9.17) is 11.6 Å². The third-order valence-electron chi connectivity index (χ3n) is 5.44. The van der Waals surface area contributed by atoms with E-state index in [2.05, 4.69) is 22.3 Å². The number of nitrogens with one attached hydrogen (secondary N) is 1. The summed E-state index contributed by atoms with van der Waals surface area (Å²) in [5.74, 6) is 5.46. The van der Waals surface area contributed by atoms with Gasteiger partial charge in [-0.15, -0.1) is 0 Å². The number of aryl methyl sites for hydroxylation is 2. The molecular formula is C28H22ClN3O2. The van der Waals surface area contributed by atoms with Crippen LogP contribution in [-0.4, -0.2) is 28.9 Å². The summed E-state index contributed by atoms with van der Waals surface area (Å²) in [5.41, 5.74) is 7.43. The van der Waals surface area contributed by atoms with Crippen LogP contribution >= 0.6 is 11.6 Å². The molecule has 1 N–H and O–H groups in total. The fourth-order valence-electron chi connectivity index (χ4n) is 3.54. The number of benzene rings is 3. The van der Waals surface area contributed by atoms with Crippen LogP contribution in [0.25, 0.3) is 10.9 Å². The molecule has 0 bridgehead atoms. The molecule has 5 nitrogen and oxygen atoms in total. The lowest BCUT2D eigenvalue weighted by molar-refractivity contribution is 0.0636. The van der Waals surface area contributed by atoms with Crippen molar-refractivity contribution in [2.45, 2.75) is 13.8 Å². The lowest BCUT2D eigenvalue weighted by Crippen LogP contribution is -2.43. The smallest absolute Gasteiger partial charge is 0.267 e. The molecule has 1 aromatic heterocycles. The van der Waals surface area contributed by atoms with E-state index in [1.807, 2.05) is 43.3 Å². The Morgan fingerprint density at radius 3 is 2.53 bits per heavy atom. The third-order valence-corrected chi connectivity index (χ3v) is 5.75. The van der Waals surface area contributed by atoms with E-state index in [9.17, 15) is 9.59 Å². The van der Waals surface area contributed by atoms with E-state index in [1.165, 1.54) is 7.05 Å². The number of para-hydroxylation sites is 1. The number of pyridine rings is 1. The molecule has 0 saturated heterocycles. The molecule has 0 saturated carbocycles. The number of hydrazine groups is 1. The summed E-state index contributed by atoms with van der Waals surface area (Å²) >= 11 is 6.18. The van der Waals surface area contributed by atoms with E-state index in [1.54, 1.807) is 43.5 Å². The van der Waals surface area contributed by atoms with Crippen molar-refractivity contribution >= 4 is 34.3 Å². The van der Waals surface area contributed by atoms with Crippen molar-refractivity contribution in [1.82, 2.24) is 15.4 Å². The minimum Gasteiger partial charge on any atom is -0.267 e. The highest BCUT2D eigenvalue weighted by Crippen LogP contribution is 2.20. The maximum Gasteiger partial charge on any atom is 0.272 e. The third kappa shape index (κ3) is 4.93. The van der Waals surface area contributed by atoms with Gasteiger partial charge >= 0.3 is 0 Å². The van der Waals surface area contributed by atoms with Gasteiger partial charge in [-0.25, -0.2) is 0 Å². The number of rotatable bonds is 2. The number of hydrogen-bond donors (Lipinski definition) is 1. The van der Waals surface area contributed by atoms with Crippen LogP contribution in [-0.2, 0) is 0 Å². The molecule has 0 spiro atoms. The number of fused-ring (bicyclic) bond motifs is 1. The first-order valence-corrected chi connectivity index (χ1v) is 11.0. The zero-order valence-corrected chi connectivity index (χ0v) is 19.8. The van der Waals surface area contributed by atoms with Crippen LogP contribution in [0.3, 0.4) is 0 Å². The molecule has 0 unspecified atom stereocenters. The maximum atomic E-state index is 13.0. The molecule has 3 aromatic carbocycles. The first-order valence-electron chi connectivity index (χ1n) is 10.6. The number of aromatic nitrogens is 1. The van der Waals surface area contributed by atoms with Crippen LogP contribution in [0.15, 0.2) is 72.9 Å². The van der Waals surface area contributed by atoms with Gasteiger partial charge in [0.1, 0.15) is 0 Å². The van der Waals surface area contributed by atoms with E-state index in [0.29, 0.717) is 16.1 Å². The van der Waals surface area contributed by atoms with Gasteiger partial charge in [0.2, 0.25) is 0 Å². The van der Waals surface area contributed by atoms with Crippen molar-refractivity contribution in [3.8, 4) is 11.8 Å². The van der Waals surface area contributed by atoms with Gasteiger partial charge in [0.25, 0.3) is 11.8 Å². The molecular weight excluding hydrogens is 446 g/mol. The van der Waals surface area contributed by atoms with Gasteiger partial charge in [-0.1, -0.05) is 59.8 Å². The van der Waals surface area contributed by atoms with Gasteiger partial charge in [0, 0.05) is 35.3 Å². The molecule has 4 rings (SSSR count). The Bertz CT molecular complexity index is 1460. The molecule has 0 fully saturated rings. The Balaban J connectivity index is 1.55. The van der Waals surface area contributed by atoms with Crippen LogP contribution in [0.5, 0.6) is 0 Å². The number of amides is 2. The van der Waals surface area contributed by atoms with Gasteiger partial charge in [0.05, 0.1) is 16.1 Å². The summed E-state index contributed by atoms with van der Waals surface area (Å²) in [5, 5.41) is 2.50. The summed E-state index contributed by atoms with van der Waals surface area (Å²) in [6, 6.07) is 20.3. The molecule has 0 aliphatic rings. The minimum atomic E-state index is -0.449. The van der Waals surface area contributed by atoms with Gasteiger partial charge in [-0.05, 0) is 55.3 Å². The Morgan fingerprint density at radius 1 is 0.941 bits per heavy atom. The van der Waals surface area contributed by atoms with Crippen molar-refractivity contribution in [2.75, 3.05) is 7.05 Å². The average molecular weight is 468 g/mol. The second-order valence-corrected chi connectivity index (χ2v) is 8.34. The number of nitrogens with zero attached hydrogens (tertiary/aromatic N) is 2. The molecule has 0 atom stereocenters. The maximum absolute atomic E-state index is 13.0. The number of carbonyl (C=O) groups is 2. The van der Waals surface area contributed by atoms with Crippen molar-refractivity contribution < 1.29 is 9.59 Å². The molecule has 4 aromatic rings. The van der Waals surface area contributed by atoms with E-state index in [-0.39, 0.29) is 5.91 Å². The highest BCUT2D eigenvalue weighted by atomic mass is 35.5. The van der Waals surface area contributed by atoms with E-state index in [0.717, 1.165) is 38.2 Å². The largest absolute Gasteiger partial charge is 0.272 e. The molecule has 1 heterocycles. The van der Waals surface area contributed by atoms with Gasteiger partial charge < -0.3 is 0 Å². The lowest BCUT2D eigenvalue weighted by atomic mass is 10.0. The molecule has 2 amide bonds. The van der Waals surface area contributed by atoms with Crippen LogP contribution in [0.2, 0.25) is 5.02 Å². The van der Waals surface area contributed by atoms with Gasteiger partial charge in [-0.2, -0.15) is 0 Å². The molecule has 0 aliphatic heterocycles. The Labute approximate surface area is 203 Å². The first kappa shape index (κ1) is 23.0. The second kappa shape index (κ2) is 9.78. The molecule has 0 radical (unpaired) electrons. The van der Waals surface area contributed by atoms with Gasteiger partial charge in [0.15, 0.2) is 0 Å². The summed E-state index contributed by atoms with van der Waals surface area (Å²) in [4.78, 5) is 30.1. The first-order chi connectivity index (χ1) is 16.3. The topological polar surface area (TPSA) is 62.3 Å². The summed E-state index contributed by atoms with van der Waals surface area (Å²) in [7, 11) is 1.50. The SMILES string of the molecule is Cc1ccc(C(=O)N(C)NC(=O)c2c(C)cccc2Cl)cc1C#Cc1cnc2ccccc2c1. The summed E-state index contributed by atoms with van der Waals surface area (Å²) in [6.07, 6.45) is 1.74. The fourth-order valence-corrected chi connectivity index (χ4v) is 3.85. The predicted molar refractivity (Wildman–Crippen MR) is 135 cm³/mol. The van der Waals surface area contributed by atoms with Crippen molar-refractivity contribution in [3.05, 3.63) is 111 Å². The van der Waals surface area contributed by atoms with E-state index < -0.39 is 5.91 Å². The Hall–Kier alpha value is -4.14. The highest BCUT2D eigenvalue weighted by Gasteiger charge is 2.19. The van der Waals surface area contributed by atoms with Crippen molar-refractivity contribution in [2.24, 2.45) is 0 Å². The zero-order valence-electron chi connectivity index (χ0n) is 19.0. The van der Waals surface area contributed by atoms with Crippen LogP contribution < -0.4 is 5.43 Å². The molecule has 0 aliphatic carbocycles. The summed E-state index contributed by atoms with van der Waals surface area (Å²) in [6.45, 7) is 3.72. The van der Waals surface area contributed by atoms with Crippen molar-refractivity contribution in [3.63, 3.8) is 0 Å². The number of halogens is 1. The molecule has 168 valence electrons.